The predicted octanol–water partition coefficient (Wildman–Crippen LogP) is 4.58. The molecule has 0 aromatic rings. The van der Waals surface area contributed by atoms with E-state index in [-0.39, 0.29) is 0 Å². The van der Waals surface area contributed by atoms with Crippen LogP contribution in [0.1, 0.15) is 64.7 Å². The molecule has 0 nitrogen and oxygen atoms in total. The van der Waals surface area contributed by atoms with Gasteiger partial charge in [0, 0.05) is 0 Å². The molecular weight excluding hydrogens is 175 g/mol. The predicted molar refractivity (Wildman–Crippen MR) is 64.2 cm³/mol. The zero-order chi connectivity index (χ0) is 9.36. The van der Waals surface area contributed by atoms with Crippen molar-refractivity contribution in [2.24, 2.45) is 0 Å². The van der Waals surface area contributed by atoms with Gasteiger partial charge in [-0.3, -0.25) is 0 Å². The Hall–Kier alpha value is 0.430. The minimum absolute atomic E-state index is 1.18. The first-order valence-electron chi connectivity index (χ1n) is 6.17. The molecule has 0 heterocycles. The van der Waals surface area contributed by atoms with Crippen LogP contribution in [0.5, 0.6) is 0 Å². The van der Waals surface area contributed by atoms with Crippen LogP contribution in [0, 0.1) is 0 Å². The second-order valence-corrected chi connectivity index (χ2v) is 6.07. The van der Waals surface area contributed by atoms with Gasteiger partial charge in [-0.15, -0.1) is 8.58 Å². The van der Waals surface area contributed by atoms with Crippen molar-refractivity contribution in [3.05, 3.63) is 0 Å². The molecule has 1 fully saturated rings. The monoisotopic (exact) mass is 200 g/mol. The van der Waals surface area contributed by atoms with E-state index >= 15 is 0 Å². The van der Waals surface area contributed by atoms with Crippen molar-refractivity contribution >= 4 is 8.58 Å². The maximum Gasteiger partial charge on any atom is -0.0236 e. The molecule has 1 saturated carbocycles. The molecule has 1 heteroatoms. The Labute approximate surface area is 85.7 Å². The normalized spacial score (nSPS) is 17.3. The molecule has 0 radical (unpaired) electrons. The summed E-state index contributed by atoms with van der Waals surface area (Å²) in [5.41, 5.74) is 1.18. The van der Waals surface area contributed by atoms with Crippen LogP contribution in [0.4, 0.5) is 0 Å². The van der Waals surface area contributed by atoms with E-state index < -0.39 is 0 Å². The first-order valence-corrected chi connectivity index (χ1v) is 7.45. The highest BCUT2D eigenvalue weighted by Gasteiger charge is 2.19. The number of rotatable bonds is 9. The van der Waals surface area contributed by atoms with Gasteiger partial charge in [-0.25, -0.2) is 0 Å². The average Bonchev–Trinajstić information content (AvgIpc) is 2.93. The van der Waals surface area contributed by atoms with Gasteiger partial charge in [0.05, 0.1) is 0 Å². The van der Waals surface area contributed by atoms with E-state index in [0.717, 1.165) is 0 Å². The topological polar surface area (TPSA) is 0 Å². The standard InChI is InChI=1S/C12H25P/c1-2-3-4-5-6-7-8-11-13-12-9-10-12/h12-13H,2-11H2,1H3. The van der Waals surface area contributed by atoms with Gasteiger partial charge < -0.3 is 0 Å². The van der Waals surface area contributed by atoms with Crippen molar-refractivity contribution in [2.45, 2.75) is 70.4 Å². The maximum absolute atomic E-state index is 2.29. The molecule has 0 N–H and O–H groups in total. The third-order valence-electron chi connectivity index (χ3n) is 2.79. The highest BCUT2D eigenvalue weighted by molar-refractivity contribution is 7.39. The number of hydrogen-bond acceptors (Lipinski definition) is 0. The molecule has 13 heavy (non-hydrogen) atoms. The summed E-state index contributed by atoms with van der Waals surface area (Å²) >= 11 is 0. The molecule has 1 aliphatic rings. The van der Waals surface area contributed by atoms with E-state index in [4.69, 9.17) is 0 Å². The summed E-state index contributed by atoms with van der Waals surface area (Å²) in [4.78, 5) is 0. The first-order chi connectivity index (χ1) is 6.43. The second kappa shape index (κ2) is 7.80. The second-order valence-electron chi connectivity index (χ2n) is 4.35. The largest absolute Gasteiger partial charge is 0.119 e. The summed E-state index contributed by atoms with van der Waals surface area (Å²) < 4.78 is 0. The van der Waals surface area contributed by atoms with Gasteiger partial charge in [0.25, 0.3) is 0 Å². The van der Waals surface area contributed by atoms with Gasteiger partial charge in [0.1, 0.15) is 0 Å². The van der Waals surface area contributed by atoms with Gasteiger partial charge in [-0.1, -0.05) is 45.4 Å². The Morgan fingerprint density at radius 3 is 2.15 bits per heavy atom. The van der Waals surface area contributed by atoms with Crippen LogP contribution in [0.15, 0.2) is 0 Å². The van der Waals surface area contributed by atoms with Crippen molar-refractivity contribution in [1.82, 2.24) is 0 Å². The van der Waals surface area contributed by atoms with E-state index in [1.807, 2.05) is 0 Å². The number of unbranched alkanes of at least 4 members (excludes halogenated alkanes) is 6. The van der Waals surface area contributed by atoms with Crippen LogP contribution in [0.2, 0.25) is 0 Å². The van der Waals surface area contributed by atoms with E-state index in [1.54, 1.807) is 19.0 Å². The molecule has 1 aliphatic carbocycles. The minimum atomic E-state index is 1.18. The highest BCUT2D eigenvalue weighted by atomic mass is 31.1. The molecule has 1 unspecified atom stereocenters. The van der Waals surface area contributed by atoms with Crippen LogP contribution in [-0.2, 0) is 0 Å². The van der Waals surface area contributed by atoms with Crippen LogP contribution < -0.4 is 0 Å². The van der Waals surface area contributed by atoms with Crippen molar-refractivity contribution in [1.29, 1.82) is 0 Å². The van der Waals surface area contributed by atoms with Crippen LogP contribution in [-0.4, -0.2) is 11.8 Å². The summed E-state index contributed by atoms with van der Waals surface area (Å²) in [5, 5.41) is 0. The quantitative estimate of drug-likeness (QED) is 0.377. The molecule has 1 rings (SSSR count). The lowest BCUT2D eigenvalue weighted by atomic mass is 10.1. The molecule has 0 aromatic carbocycles. The summed E-state index contributed by atoms with van der Waals surface area (Å²) in [6, 6.07) is 0. The third kappa shape index (κ3) is 7.50. The molecular formula is C12H25P. The fraction of sp³-hybridized carbons (Fsp3) is 1.00. The van der Waals surface area contributed by atoms with Gasteiger partial charge in [0.15, 0.2) is 0 Å². The fourth-order valence-corrected chi connectivity index (χ4v) is 3.11. The Balaban J connectivity index is 1.63. The molecule has 0 spiro atoms. The van der Waals surface area contributed by atoms with Crippen molar-refractivity contribution in [2.75, 3.05) is 6.16 Å². The van der Waals surface area contributed by atoms with Gasteiger partial charge in [-0.05, 0) is 31.1 Å². The van der Waals surface area contributed by atoms with E-state index in [0.29, 0.717) is 0 Å². The summed E-state index contributed by atoms with van der Waals surface area (Å²) in [6.45, 7) is 2.29. The maximum atomic E-state index is 2.29. The molecule has 0 aliphatic heterocycles. The lowest BCUT2D eigenvalue weighted by molar-refractivity contribution is 0.603. The van der Waals surface area contributed by atoms with Crippen LogP contribution in [0.3, 0.4) is 0 Å². The molecule has 0 saturated heterocycles. The van der Waals surface area contributed by atoms with Gasteiger partial charge in [0.2, 0.25) is 0 Å². The minimum Gasteiger partial charge on any atom is -0.119 e. The smallest absolute Gasteiger partial charge is 0.0236 e. The highest BCUT2D eigenvalue weighted by Crippen LogP contribution is 2.39. The summed E-state index contributed by atoms with van der Waals surface area (Å²) in [7, 11) is 1.31. The lowest BCUT2D eigenvalue weighted by Gasteiger charge is -2.00. The Kier molecular flexibility index (Phi) is 6.90. The van der Waals surface area contributed by atoms with Crippen molar-refractivity contribution in [3.8, 4) is 0 Å². The van der Waals surface area contributed by atoms with E-state index in [9.17, 15) is 0 Å². The van der Waals surface area contributed by atoms with Crippen molar-refractivity contribution in [3.63, 3.8) is 0 Å². The molecule has 1 atom stereocenters. The van der Waals surface area contributed by atoms with Crippen LogP contribution in [0.25, 0.3) is 0 Å². The van der Waals surface area contributed by atoms with Gasteiger partial charge in [-0.2, -0.15) is 0 Å². The molecule has 78 valence electrons. The first kappa shape index (κ1) is 11.5. The molecule has 0 aromatic heterocycles. The van der Waals surface area contributed by atoms with Crippen LogP contribution >= 0.6 is 8.58 Å². The summed E-state index contributed by atoms with van der Waals surface area (Å²) in [5.74, 6) is 0. The zero-order valence-electron chi connectivity index (χ0n) is 9.15. The third-order valence-corrected chi connectivity index (χ3v) is 4.59. The SMILES string of the molecule is CCCCCCCCCPC1CC1. The Morgan fingerprint density at radius 1 is 0.923 bits per heavy atom. The number of hydrogen-bond donors (Lipinski definition) is 0. The Bertz CT molecular complexity index is 108. The van der Waals surface area contributed by atoms with E-state index in [1.165, 1.54) is 59.2 Å². The Morgan fingerprint density at radius 2 is 1.54 bits per heavy atom. The summed E-state index contributed by atoms with van der Waals surface area (Å²) in [6.07, 6.45) is 14.9. The van der Waals surface area contributed by atoms with E-state index in [2.05, 4.69) is 6.92 Å². The van der Waals surface area contributed by atoms with Gasteiger partial charge >= 0.3 is 0 Å². The lowest BCUT2D eigenvalue weighted by Crippen LogP contribution is -1.82. The molecule has 0 bridgehead atoms. The van der Waals surface area contributed by atoms with Crippen molar-refractivity contribution < 1.29 is 0 Å². The zero-order valence-corrected chi connectivity index (χ0v) is 10.1. The average molecular weight is 200 g/mol. The molecule has 0 amide bonds. The fourth-order valence-electron chi connectivity index (χ4n) is 1.68.